The molecular weight excluding hydrogens is 216 g/mol. The zero-order valence-corrected chi connectivity index (χ0v) is 10.3. The van der Waals surface area contributed by atoms with Gasteiger partial charge in [-0.15, -0.1) is 0 Å². The van der Waals surface area contributed by atoms with Crippen molar-refractivity contribution in [2.75, 3.05) is 13.2 Å². The molecule has 1 unspecified atom stereocenters. The fraction of sp³-hybridized carbons (Fsp3) is 0.462. The number of nitrogens with two attached hydrogens (primary N) is 1. The molecule has 0 saturated heterocycles. The molecule has 1 atom stereocenters. The summed E-state index contributed by atoms with van der Waals surface area (Å²) in [7, 11) is 0. The van der Waals surface area contributed by atoms with E-state index in [-0.39, 0.29) is 5.91 Å². The van der Waals surface area contributed by atoms with Crippen molar-refractivity contribution in [3.05, 3.63) is 29.3 Å². The smallest absolute Gasteiger partial charge is 0.239 e. The lowest BCUT2D eigenvalue weighted by atomic mass is 10.1. The van der Waals surface area contributed by atoms with Crippen LogP contribution < -0.4 is 10.5 Å². The minimum Gasteiger partial charge on any atom is -0.491 e. The summed E-state index contributed by atoms with van der Waals surface area (Å²) < 4.78 is 5.63. The highest BCUT2D eigenvalue weighted by Gasteiger charge is 2.21. The molecule has 1 aromatic rings. The first-order chi connectivity index (χ1) is 8.08. The van der Waals surface area contributed by atoms with Crippen LogP contribution >= 0.6 is 0 Å². The summed E-state index contributed by atoms with van der Waals surface area (Å²) in [5, 5.41) is 0. The van der Waals surface area contributed by atoms with Crippen LogP contribution in [0.3, 0.4) is 0 Å². The Balaban J connectivity index is 2.24. The molecule has 1 aromatic carbocycles. The Morgan fingerprint density at radius 1 is 1.53 bits per heavy atom. The molecule has 1 heterocycles. The van der Waals surface area contributed by atoms with Gasteiger partial charge in [0, 0.05) is 12.1 Å². The van der Waals surface area contributed by atoms with Gasteiger partial charge < -0.3 is 15.4 Å². The summed E-state index contributed by atoms with van der Waals surface area (Å²) in [6, 6.07) is 5.58. The van der Waals surface area contributed by atoms with E-state index in [1.807, 2.05) is 19.1 Å². The van der Waals surface area contributed by atoms with E-state index in [0.29, 0.717) is 19.7 Å². The van der Waals surface area contributed by atoms with Gasteiger partial charge >= 0.3 is 0 Å². The van der Waals surface area contributed by atoms with E-state index in [2.05, 4.69) is 6.07 Å². The molecule has 0 spiro atoms. The van der Waals surface area contributed by atoms with Gasteiger partial charge in [0.2, 0.25) is 5.91 Å². The van der Waals surface area contributed by atoms with Crippen LogP contribution in [0.1, 0.15) is 18.1 Å². The molecule has 1 amide bonds. The van der Waals surface area contributed by atoms with Gasteiger partial charge in [-0.05, 0) is 19.9 Å². The van der Waals surface area contributed by atoms with E-state index in [1.165, 1.54) is 5.56 Å². The molecule has 17 heavy (non-hydrogen) atoms. The Bertz CT molecular complexity index is 429. The summed E-state index contributed by atoms with van der Waals surface area (Å²) >= 11 is 0. The highest BCUT2D eigenvalue weighted by Crippen LogP contribution is 2.24. The maximum atomic E-state index is 11.9. The van der Waals surface area contributed by atoms with Gasteiger partial charge in [-0.3, -0.25) is 4.79 Å². The quantitative estimate of drug-likeness (QED) is 0.790. The number of fused-ring (bicyclic) bond motifs is 1. The molecule has 4 nitrogen and oxygen atoms in total. The highest BCUT2D eigenvalue weighted by atomic mass is 16.5. The number of benzene rings is 1. The summed E-state index contributed by atoms with van der Waals surface area (Å²) in [5.74, 6) is 0.846. The van der Waals surface area contributed by atoms with Gasteiger partial charge in [-0.2, -0.15) is 0 Å². The molecule has 2 N–H and O–H groups in total. The highest BCUT2D eigenvalue weighted by molar-refractivity contribution is 5.81. The van der Waals surface area contributed by atoms with Crippen molar-refractivity contribution in [2.45, 2.75) is 26.4 Å². The van der Waals surface area contributed by atoms with E-state index in [4.69, 9.17) is 10.5 Å². The van der Waals surface area contributed by atoms with Gasteiger partial charge in [-0.1, -0.05) is 17.7 Å². The summed E-state index contributed by atoms with van der Waals surface area (Å²) in [5.41, 5.74) is 7.86. The molecule has 1 aliphatic heterocycles. The molecule has 0 aromatic heterocycles. The second kappa shape index (κ2) is 4.75. The minimum absolute atomic E-state index is 0.0250. The first-order valence-electron chi connectivity index (χ1n) is 5.84. The van der Waals surface area contributed by atoms with Gasteiger partial charge in [0.05, 0.1) is 12.6 Å². The van der Waals surface area contributed by atoms with Crippen LogP contribution in [0.4, 0.5) is 0 Å². The topological polar surface area (TPSA) is 55.6 Å². The van der Waals surface area contributed by atoms with E-state index in [1.54, 1.807) is 11.8 Å². The van der Waals surface area contributed by atoms with Crippen LogP contribution in [0.2, 0.25) is 0 Å². The van der Waals surface area contributed by atoms with Crippen molar-refractivity contribution < 1.29 is 9.53 Å². The number of rotatable bonds is 1. The number of carbonyl (C=O) groups is 1. The predicted octanol–water partition coefficient (Wildman–Crippen LogP) is 1.06. The monoisotopic (exact) mass is 234 g/mol. The van der Waals surface area contributed by atoms with Crippen LogP contribution in [0.15, 0.2) is 18.2 Å². The van der Waals surface area contributed by atoms with Gasteiger partial charge in [0.1, 0.15) is 12.4 Å². The zero-order chi connectivity index (χ0) is 12.4. The van der Waals surface area contributed by atoms with Gasteiger partial charge in [0.25, 0.3) is 0 Å². The number of nitrogens with zero attached hydrogens (tertiary/aromatic N) is 1. The first kappa shape index (κ1) is 11.9. The van der Waals surface area contributed by atoms with Crippen molar-refractivity contribution in [1.82, 2.24) is 4.90 Å². The van der Waals surface area contributed by atoms with Crippen LogP contribution in [0.25, 0.3) is 0 Å². The van der Waals surface area contributed by atoms with Gasteiger partial charge in [0.15, 0.2) is 0 Å². The first-order valence-corrected chi connectivity index (χ1v) is 5.84. The second-order valence-corrected chi connectivity index (χ2v) is 4.51. The molecule has 0 bridgehead atoms. The second-order valence-electron chi connectivity index (χ2n) is 4.51. The number of hydrogen-bond donors (Lipinski definition) is 1. The standard InChI is InChI=1S/C13H18N2O2/c1-9-3-4-12-11(7-9)8-15(5-6-17-12)13(16)10(2)14/h3-4,7,10H,5-6,8,14H2,1-2H3. The maximum Gasteiger partial charge on any atom is 0.239 e. The normalized spacial score (nSPS) is 16.8. The van der Waals surface area contributed by atoms with E-state index in [9.17, 15) is 4.79 Å². The fourth-order valence-corrected chi connectivity index (χ4v) is 2.00. The molecule has 2 rings (SSSR count). The van der Waals surface area contributed by atoms with Crippen molar-refractivity contribution in [1.29, 1.82) is 0 Å². The molecule has 1 aliphatic rings. The Morgan fingerprint density at radius 2 is 2.29 bits per heavy atom. The lowest BCUT2D eigenvalue weighted by molar-refractivity contribution is -0.132. The molecule has 0 saturated carbocycles. The molecule has 4 heteroatoms. The Hall–Kier alpha value is -1.55. The molecule has 0 aliphatic carbocycles. The Morgan fingerprint density at radius 3 is 3.00 bits per heavy atom. The average Bonchev–Trinajstić information content (AvgIpc) is 2.49. The third-order valence-corrected chi connectivity index (χ3v) is 2.90. The largest absolute Gasteiger partial charge is 0.491 e. The zero-order valence-electron chi connectivity index (χ0n) is 10.3. The van der Waals surface area contributed by atoms with Crippen LogP contribution in [0.5, 0.6) is 5.75 Å². The summed E-state index contributed by atoms with van der Waals surface area (Å²) in [6.07, 6.45) is 0. The van der Waals surface area contributed by atoms with Crippen molar-refractivity contribution >= 4 is 5.91 Å². The average molecular weight is 234 g/mol. The number of hydrogen-bond acceptors (Lipinski definition) is 3. The fourth-order valence-electron chi connectivity index (χ4n) is 2.00. The van der Waals surface area contributed by atoms with Crippen molar-refractivity contribution in [3.8, 4) is 5.75 Å². The maximum absolute atomic E-state index is 11.9. The van der Waals surface area contributed by atoms with Crippen molar-refractivity contribution in [3.63, 3.8) is 0 Å². The SMILES string of the molecule is Cc1ccc2c(c1)CN(C(=O)C(C)N)CCO2. The number of amides is 1. The Labute approximate surface area is 101 Å². The molecular formula is C13H18N2O2. The lowest BCUT2D eigenvalue weighted by Crippen LogP contribution is -2.42. The van der Waals surface area contributed by atoms with Crippen LogP contribution in [-0.2, 0) is 11.3 Å². The minimum atomic E-state index is -0.457. The van der Waals surface area contributed by atoms with E-state index >= 15 is 0 Å². The summed E-state index contributed by atoms with van der Waals surface area (Å²) in [4.78, 5) is 13.7. The van der Waals surface area contributed by atoms with Crippen molar-refractivity contribution in [2.24, 2.45) is 5.73 Å². The third kappa shape index (κ3) is 2.58. The van der Waals surface area contributed by atoms with Gasteiger partial charge in [-0.25, -0.2) is 0 Å². The Kier molecular flexibility index (Phi) is 3.33. The summed E-state index contributed by atoms with van der Waals surface area (Å²) in [6.45, 7) is 5.44. The van der Waals surface area contributed by atoms with Crippen LogP contribution in [0, 0.1) is 6.92 Å². The molecule has 92 valence electrons. The number of aryl methyl sites for hydroxylation is 1. The van der Waals surface area contributed by atoms with E-state index < -0.39 is 6.04 Å². The number of carbonyl (C=O) groups excluding carboxylic acids is 1. The third-order valence-electron chi connectivity index (χ3n) is 2.90. The molecule has 0 fully saturated rings. The number of ether oxygens (including phenoxy) is 1. The predicted molar refractivity (Wildman–Crippen MR) is 65.7 cm³/mol. The lowest BCUT2D eigenvalue weighted by Gasteiger charge is -2.21. The van der Waals surface area contributed by atoms with E-state index in [0.717, 1.165) is 11.3 Å². The molecule has 0 radical (unpaired) electrons. The van der Waals surface area contributed by atoms with Crippen LogP contribution in [-0.4, -0.2) is 30.0 Å².